The zero-order valence-electron chi connectivity index (χ0n) is 7.73. The van der Waals surface area contributed by atoms with Gasteiger partial charge in [-0.2, -0.15) is 11.8 Å². The second-order valence-corrected chi connectivity index (χ2v) is 5.26. The molecule has 0 unspecified atom stereocenters. The van der Waals surface area contributed by atoms with Gasteiger partial charge in [-0.25, -0.2) is 0 Å². The molecule has 0 aliphatic carbocycles. The second-order valence-electron chi connectivity index (χ2n) is 2.27. The van der Waals surface area contributed by atoms with E-state index in [2.05, 4.69) is 24.3 Å². The SMILES string of the molecule is [Na+].[S-]CSCSCc1ccccc1. The molecule has 0 aliphatic rings. The molecule has 0 N–H and O–H groups in total. The molecule has 0 spiro atoms. The molecule has 0 nitrogen and oxygen atoms in total. The van der Waals surface area contributed by atoms with Crippen molar-refractivity contribution in [3.63, 3.8) is 0 Å². The smallest absolute Gasteiger partial charge is 0.782 e. The summed E-state index contributed by atoms with van der Waals surface area (Å²) in [6.07, 6.45) is 0. The minimum Gasteiger partial charge on any atom is -0.782 e. The molecule has 0 saturated heterocycles. The summed E-state index contributed by atoms with van der Waals surface area (Å²) in [5.41, 5.74) is 1.40. The van der Waals surface area contributed by atoms with Gasteiger partial charge < -0.3 is 12.6 Å². The van der Waals surface area contributed by atoms with Crippen LogP contribution in [-0.4, -0.2) is 10.2 Å². The van der Waals surface area contributed by atoms with E-state index in [4.69, 9.17) is 12.6 Å². The molecule has 66 valence electrons. The molecular weight excluding hydrogens is 227 g/mol. The fraction of sp³-hybridized carbons (Fsp3) is 0.333. The molecule has 0 atom stereocenters. The van der Waals surface area contributed by atoms with Crippen LogP contribution in [0, 0.1) is 0 Å². The van der Waals surface area contributed by atoms with Crippen molar-refractivity contribution in [1.82, 2.24) is 0 Å². The predicted octanol–water partition coefficient (Wildman–Crippen LogP) is 0.119. The van der Waals surface area contributed by atoms with E-state index in [-0.39, 0.29) is 29.6 Å². The van der Waals surface area contributed by atoms with Crippen molar-refractivity contribution in [2.24, 2.45) is 0 Å². The summed E-state index contributed by atoms with van der Waals surface area (Å²) in [6, 6.07) is 10.5. The van der Waals surface area contributed by atoms with E-state index in [1.807, 2.05) is 17.8 Å². The van der Waals surface area contributed by atoms with Gasteiger partial charge in [0.1, 0.15) is 0 Å². The molecule has 1 rings (SSSR count). The molecule has 0 radical (unpaired) electrons. The zero-order chi connectivity index (χ0) is 8.65. The summed E-state index contributed by atoms with van der Waals surface area (Å²) < 4.78 is 0. The maximum absolute atomic E-state index is 4.83. The number of hydrogen-bond acceptors (Lipinski definition) is 3. The second kappa shape index (κ2) is 9.81. The van der Waals surface area contributed by atoms with E-state index in [0.717, 1.165) is 15.9 Å². The molecule has 0 saturated carbocycles. The number of thioether (sulfide) groups is 2. The standard InChI is InChI=1S/C9H12S3.Na/c10-7-12-8-11-6-9-4-2-1-3-5-9;/h1-5,10H,6-8H2;/q;+1/p-1. The Morgan fingerprint density at radius 2 is 1.77 bits per heavy atom. The molecule has 4 heteroatoms. The van der Waals surface area contributed by atoms with Crippen molar-refractivity contribution in [2.45, 2.75) is 5.75 Å². The van der Waals surface area contributed by atoms with Gasteiger partial charge in [-0.1, -0.05) is 30.3 Å². The van der Waals surface area contributed by atoms with Crippen LogP contribution in [0.3, 0.4) is 0 Å². The van der Waals surface area contributed by atoms with Crippen LogP contribution in [0.1, 0.15) is 5.56 Å². The molecule has 1 aromatic carbocycles. The van der Waals surface area contributed by atoms with Gasteiger partial charge in [-0.05, 0) is 5.56 Å². The van der Waals surface area contributed by atoms with E-state index >= 15 is 0 Å². The van der Waals surface area contributed by atoms with Crippen LogP contribution in [0.4, 0.5) is 0 Å². The third kappa shape index (κ3) is 7.23. The number of benzene rings is 1. The van der Waals surface area contributed by atoms with Gasteiger partial charge in [0.2, 0.25) is 0 Å². The number of rotatable bonds is 5. The summed E-state index contributed by atoms with van der Waals surface area (Å²) >= 11 is 8.56. The Kier molecular flexibility index (Phi) is 10.8. The average molecular weight is 238 g/mol. The molecule has 0 bridgehead atoms. The molecule has 0 aromatic heterocycles. The maximum Gasteiger partial charge on any atom is 1.00 e. The van der Waals surface area contributed by atoms with E-state index in [0.29, 0.717) is 0 Å². The van der Waals surface area contributed by atoms with Gasteiger partial charge in [-0.15, -0.1) is 16.8 Å². The van der Waals surface area contributed by atoms with E-state index in [1.165, 1.54) is 5.56 Å². The Morgan fingerprint density at radius 1 is 1.08 bits per heavy atom. The molecule has 13 heavy (non-hydrogen) atoms. The Labute approximate surface area is 116 Å². The van der Waals surface area contributed by atoms with Crippen molar-refractivity contribution in [2.75, 3.05) is 10.2 Å². The van der Waals surface area contributed by atoms with E-state index < -0.39 is 0 Å². The van der Waals surface area contributed by atoms with Crippen LogP contribution < -0.4 is 29.6 Å². The van der Waals surface area contributed by atoms with Gasteiger partial charge in [0.25, 0.3) is 0 Å². The van der Waals surface area contributed by atoms with E-state index in [1.54, 1.807) is 11.8 Å². The minimum absolute atomic E-state index is 0. The Balaban J connectivity index is 0.00000144. The molecular formula is C9H11NaS3. The normalized spacial score (nSPS) is 9.31. The maximum atomic E-state index is 4.83. The summed E-state index contributed by atoms with van der Waals surface area (Å²) in [4.78, 5) is 0. The van der Waals surface area contributed by atoms with Gasteiger partial charge in [0, 0.05) is 10.8 Å². The predicted molar refractivity (Wildman–Crippen MR) is 62.4 cm³/mol. The van der Waals surface area contributed by atoms with Gasteiger partial charge in [0.15, 0.2) is 0 Å². The monoisotopic (exact) mass is 238 g/mol. The summed E-state index contributed by atoms with van der Waals surface area (Å²) in [7, 11) is 0. The first-order chi connectivity index (χ1) is 5.93. The topological polar surface area (TPSA) is 0 Å². The first-order valence-corrected chi connectivity index (χ1v) is 6.59. The van der Waals surface area contributed by atoms with Gasteiger partial charge in [-0.3, -0.25) is 0 Å². The van der Waals surface area contributed by atoms with Crippen molar-refractivity contribution >= 4 is 36.2 Å². The van der Waals surface area contributed by atoms with E-state index in [9.17, 15) is 0 Å². The number of hydrogen-bond donors (Lipinski definition) is 0. The molecule has 0 fully saturated rings. The largest absolute Gasteiger partial charge is 1.00 e. The van der Waals surface area contributed by atoms with Crippen LogP contribution in [0.5, 0.6) is 0 Å². The fourth-order valence-electron chi connectivity index (χ4n) is 0.827. The van der Waals surface area contributed by atoms with Crippen LogP contribution >= 0.6 is 23.5 Å². The van der Waals surface area contributed by atoms with Crippen LogP contribution in [0.15, 0.2) is 30.3 Å². The Hall–Kier alpha value is 1.27. The summed E-state index contributed by atoms with van der Waals surface area (Å²) in [5, 5.41) is 1.92. The Bertz CT molecular complexity index is 203. The van der Waals surface area contributed by atoms with Crippen LogP contribution in [0.25, 0.3) is 0 Å². The molecule has 0 heterocycles. The quantitative estimate of drug-likeness (QED) is 0.309. The first-order valence-electron chi connectivity index (χ1n) is 3.71. The van der Waals surface area contributed by atoms with Crippen molar-refractivity contribution in [3.05, 3.63) is 35.9 Å². The Morgan fingerprint density at radius 3 is 2.38 bits per heavy atom. The fourth-order valence-corrected chi connectivity index (χ4v) is 2.94. The third-order valence-electron chi connectivity index (χ3n) is 1.36. The third-order valence-corrected chi connectivity index (χ3v) is 3.90. The zero-order valence-corrected chi connectivity index (χ0v) is 12.2. The summed E-state index contributed by atoms with van der Waals surface area (Å²) in [5.74, 6) is 1.10. The van der Waals surface area contributed by atoms with Gasteiger partial charge in [0.05, 0.1) is 0 Å². The average Bonchev–Trinajstić information content (AvgIpc) is 2.14. The molecule has 1 aromatic rings. The van der Waals surface area contributed by atoms with Crippen LogP contribution in [0.2, 0.25) is 0 Å². The molecule has 0 aliphatic heterocycles. The molecule has 0 amide bonds. The van der Waals surface area contributed by atoms with Crippen molar-refractivity contribution < 1.29 is 29.6 Å². The minimum atomic E-state index is 0. The van der Waals surface area contributed by atoms with Crippen molar-refractivity contribution in [3.8, 4) is 0 Å². The van der Waals surface area contributed by atoms with Gasteiger partial charge >= 0.3 is 29.6 Å². The van der Waals surface area contributed by atoms with Crippen molar-refractivity contribution in [1.29, 1.82) is 0 Å². The summed E-state index contributed by atoms with van der Waals surface area (Å²) in [6.45, 7) is 0. The van der Waals surface area contributed by atoms with Crippen LogP contribution in [-0.2, 0) is 18.4 Å². The first kappa shape index (κ1) is 14.3.